The first kappa shape index (κ1) is 70.4. The van der Waals surface area contributed by atoms with E-state index in [0.717, 1.165) is 29.9 Å². The van der Waals surface area contributed by atoms with E-state index in [1.54, 1.807) is 0 Å². The van der Waals surface area contributed by atoms with E-state index in [1.807, 2.05) is 0 Å². The molecule has 120 heavy (non-hydrogen) atoms. The highest BCUT2D eigenvalue weighted by molar-refractivity contribution is 7.00. The molecular formula is C115H81BN4. The summed E-state index contributed by atoms with van der Waals surface area (Å²) in [6, 6.07) is 162. The third kappa shape index (κ3) is 12.1. The van der Waals surface area contributed by atoms with Crippen molar-refractivity contribution in [3.63, 3.8) is 0 Å². The zero-order valence-corrected chi connectivity index (χ0v) is 66.4. The Hall–Kier alpha value is -15.0. The van der Waals surface area contributed by atoms with E-state index < -0.39 is 0 Å². The van der Waals surface area contributed by atoms with Crippen molar-refractivity contribution in [3.8, 4) is 83.6 Å². The van der Waals surface area contributed by atoms with Crippen molar-refractivity contribution >= 4 is 122 Å². The summed E-state index contributed by atoms with van der Waals surface area (Å²) in [4.78, 5) is 8.07. The standard InChI is InChI=1S/C115H81BN4/c1-7-28-78(29-8-1)80-54-59-88(60-55-80)119(89-61-56-81(57-62-89)79-30-9-2-10-31-79)76-77-72-111-115-112(73-77)118(71-69-97-93(84-36-15-5-16-37-84)46-26-47-94(97)85-38-17-6-18-39-85)110-75-90(120-107-52-21-19-42-98(107)99-43-20-22-53-108(99)120)63-66-105(110)116(115)106-74-87(95-64-65-104-102-49-24-41-86-40-23-48-101(113(86)102)103-51-27-50-100(95)114(103)104)58-67-109(106)117(111)70-68-96-91(82-32-11-3-12-33-82)44-25-45-92(96)83-34-13-4-14-35-83/h1-67,72-75H,68-71,76H2. The number of hydrogen-bond donors (Lipinski definition) is 0. The second-order valence-electron chi connectivity index (χ2n) is 32.3. The molecular weight excluding hydrogens is 1450 g/mol. The third-order valence-electron chi connectivity index (χ3n) is 25.8. The minimum absolute atomic E-state index is 0.210. The lowest BCUT2D eigenvalue weighted by molar-refractivity contribution is 0.899. The predicted octanol–water partition coefficient (Wildman–Crippen LogP) is 27.7. The van der Waals surface area contributed by atoms with E-state index in [4.69, 9.17) is 0 Å². The zero-order chi connectivity index (χ0) is 79.1. The molecule has 1 aromatic heterocycles. The molecule has 0 radical (unpaired) electrons. The quantitative estimate of drug-likeness (QED) is 0.0483. The van der Waals surface area contributed by atoms with Gasteiger partial charge in [0, 0.05) is 70.2 Å². The van der Waals surface area contributed by atoms with Crippen LogP contribution >= 0.6 is 0 Å². The van der Waals surface area contributed by atoms with Crippen molar-refractivity contribution in [2.75, 3.05) is 27.8 Å². The fraction of sp³-hybridized carbons (Fsp3) is 0.0435. The highest BCUT2D eigenvalue weighted by Gasteiger charge is 2.44. The van der Waals surface area contributed by atoms with Crippen LogP contribution in [-0.4, -0.2) is 24.4 Å². The third-order valence-corrected chi connectivity index (χ3v) is 25.8. The van der Waals surface area contributed by atoms with Gasteiger partial charge < -0.3 is 19.3 Å². The van der Waals surface area contributed by atoms with Crippen LogP contribution in [0.5, 0.6) is 0 Å². The lowest BCUT2D eigenvalue weighted by atomic mass is 9.33. The molecule has 23 rings (SSSR count). The summed E-state index contributed by atoms with van der Waals surface area (Å²) in [5.74, 6) is 0. The Labute approximate surface area is 700 Å². The highest BCUT2D eigenvalue weighted by Crippen LogP contribution is 2.48. The van der Waals surface area contributed by atoms with Gasteiger partial charge in [-0.1, -0.05) is 364 Å². The number of para-hydroxylation sites is 2. The van der Waals surface area contributed by atoms with Crippen LogP contribution in [0.3, 0.4) is 0 Å². The zero-order valence-electron chi connectivity index (χ0n) is 66.4. The lowest BCUT2D eigenvalue weighted by Gasteiger charge is -2.45. The lowest BCUT2D eigenvalue weighted by Crippen LogP contribution is -2.62. The summed E-state index contributed by atoms with van der Waals surface area (Å²) < 4.78 is 2.52. The van der Waals surface area contributed by atoms with E-state index in [9.17, 15) is 0 Å². The molecule has 20 aromatic carbocycles. The minimum atomic E-state index is -0.210. The van der Waals surface area contributed by atoms with Crippen molar-refractivity contribution in [1.82, 2.24) is 4.57 Å². The first-order valence-electron chi connectivity index (χ1n) is 42.2. The first-order chi connectivity index (χ1) is 59.5. The van der Waals surface area contributed by atoms with Crippen molar-refractivity contribution in [2.24, 2.45) is 0 Å². The van der Waals surface area contributed by atoms with Gasteiger partial charge in [-0.15, -0.1) is 0 Å². The van der Waals surface area contributed by atoms with Gasteiger partial charge in [-0.2, -0.15) is 0 Å². The number of rotatable bonds is 18. The molecule has 0 amide bonds. The van der Waals surface area contributed by atoms with Gasteiger partial charge in [0.25, 0.3) is 6.71 Å². The molecule has 564 valence electrons. The normalized spacial score (nSPS) is 12.3. The van der Waals surface area contributed by atoms with Gasteiger partial charge in [-0.05, 0) is 234 Å². The second kappa shape index (κ2) is 29.6. The van der Waals surface area contributed by atoms with Crippen LogP contribution < -0.4 is 31.1 Å². The molecule has 2 aliphatic rings. The molecule has 0 aliphatic carbocycles. The SMILES string of the molecule is c1ccc(-c2ccc(N(Cc3cc4c5c(c3)N(CCc3c(-c6ccccc6)cccc3-c3ccccc3)c3cc(-n6c7ccccc7c7ccccc76)ccc3B5c3cc(-c5ccc6c7cccc8cccc(c9cccc5c96)c87)ccc3N4CCc3c(-c4ccccc4)cccc3-c3ccccc3)c3ccc(-c4ccccc4)cc3)cc2)cc1. The Bertz CT molecular complexity index is 7170. The molecule has 3 heterocycles. The average molecular weight is 1530 g/mol. The van der Waals surface area contributed by atoms with Gasteiger partial charge in [-0.25, -0.2) is 0 Å². The molecule has 0 saturated heterocycles. The molecule has 0 spiro atoms. The predicted molar refractivity (Wildman–Crippen MR) is 511 cm³/mol. The Morgan fingerprint density at radius 3 is 1.12 bits per heavy atom. The van der Waals surface area contributed by atoms with Gasteiger partial charge in [0.05, 0.1) is 11.0 Å². The Morgan fingerprint density at radius 1 is 0.242 bits per heavy atom. The largest absolute Gasteiger partial charge is 0.342 e. The Kier molecular flexibility index (Phi) is 17.4. The first-order valence-corrected chi connectivity index (χ1v) is 42.2. The van der Waals surface area contributed by atoms with Crippen LogP contribution in [-0.2, 0) is 19.4 Å². The average Bonchev–Trinajstić information content (AvgIpc) is 0.765. The van der Waals surface area contributed by atoms with Gasteiger partial charge >= 0.3 is 0 Å². The Morgan fingerprint density at radius 2 is 0.633 bits per heavy atom. The van der Waals surface area contributed by atoms with Crippen molar-refractivity contribution in [1.29, 1.82) is 0 Å². The van der Waals surface area contributed by atoms with Crippen LogP contribution in [0.1, 0.15) is 16.7 Å². The van der Waals surface area contributed by atoms with Crippen molar-refractivity contribution in [2.45, 2.75) is 19.4 Å². The monoisotopic (exact) mass is 1530 g/mol. The molecule has 0 fully saturated rings. The number of benzene rings is 20. The maximum absolute atomic E-state index is 2.77. The molecule has 0 saturated carbocycles. The topological polar surface area (TPSA) is 14.7 Å². The van der Waals surface area contributed by atoms with Crippen LogP contribution in [0.2, 0.25) is 0 Å². The van der Waals surface area contributed by atoms with Crippen LogP contribution in [0.25, 0.3) is 148 Å². The van der Waals surface area contributed by atoms with E-state index >= 15 is 0 Å². The summed E-state index contributed by atoms with van der Waals surface area (Å²) in [5.41, 5.74) is 35.2. The van der Waals surface area contributed by atoms with Crippen molar-refractivity contribution in [3.05, 3.63) is 447 Å². The summed E-state index contributed by atoms with van der Waals surface area (Å²) in [6.07, 6.45) is 1.48. The van der Waals surface area contributed by atoms with E-state index in [-0.39, 0.29) is 6.71 Å². The number of nitrogens with zero attached hydrogens (tertiary/aromatic N) is 4. The number of hydrogen-bond acceptors (Lipinski definition) is 3. The van der Waals surface area contributed by atoms with E-state index in [2.05, 4.69) is 450 Å². The van der Waals surface area contributed by atoms with Crippen LogP contribution in [0.4, 0.5) is 34.1 Å². The second-order valence-corrected chi connectivity index (χ2v) is 32.3. The van der Waals surface area contributed by atoms with Gasteiger partial charge in [0.15, 0.2) is 0 Å². The number of fused-ring (bicyclic) bond motifs is 9. The number of aromatic nitrogens is 1. The van der Waals surface area contributed by atoms with E-state index in [1.165, 1.54) is 199 Å². The van der Waals surface area contributed by atoms with Crippen molar-refractivity contribution < 1.29 is 0 Å². The van der Waals surface area contributed by atoms with Crippen LogP contribution in [0, 0.1) is 0 Å². The number of anilines is 6. The van der Waals surface area contributed by atoms with Gasteiger partial charge in [0.1, 0.15) is 0 Å². The summed E-state index contributed by atoms with van der Waals surface area (Å²) >= 11 is 0. The molecule has 21 aromatic rings. The minimum Gasteiger partial charge on any atom is -0.342 e. The highest BCUT2D eigenvalue weighted by atomic mass is 15.2. The Balaban J connectivity index is 0.793. The summed E-state index contributed by atoms with van der Waals surface area (Å²) in [5, 5.41) is 12.8. The molecule has 4 nitrogen and oxygen atoms in total. The molecule has 0 atom stereocenters. The molecule has 0 unspecified atom stereocenters. The fourth-order valence-electron chi connectivity index (χ4n) is 20.3. The smallest absolute Gasteiger partial charge is 0.252 e. The van der Waals surface area contributed by atoms with Crippen LogP contribution in [0.15, 0.2) is 431 Å². The van der Waals surface area contributed by atoms with Gasteiger partial charge in [0.2, 0.25) is 0 Å². The molecule has 0 bridgehead atoms. The maximum Gasteiger partial charge on any atom is 0.252 e. The fourth-order valence-corrected chi connectivity index (χ4v) is 20.3. The summed E-state index contributed by atoms with van der Waals surface area (Å²) in [6.45, 7) is 1.70. The molecule has 5 heteroatoms. The summed E-state index contributed by atoms with van der Waals surface area (Å²) in [7, 11) is 0. The maximum atomic E-state index is 2.77. The molecule has 0 N–H and O–H groups in total. The van der Waals surface area contributed by atoms with Gasteiger partial charge in [-0.3, -0.25) is 0 Å². The van der Waals surface area contributed by atoms with E-state index in [0.29, 0.717) is 19.6 Å². The molecule has 2 aliphatic heterocycles.